The molecule has 0 aliphatic carbocycles. The molecule has 6 heteroatoms. The van der Waals surface area contributed by atoms with Crippen molar-refractivity contribution in [1.82, 2.24) is 9.97 Å². The van der Waals surface area contributed by atoms with Gasteiger partial charge in [-0.05, 0) is 19.3 Å². The summed E-state index contributed by atoms with van der Waals surface area (Å²) in [5.41, 5.74) is -0.130. The van der Waals surface area contributed by atoms with Crippen LogP contribution in [0.3, 0.4) is 0 Å². The van der Waals surface area contributed by atoms with Crippen molar-refractivity contribution >= 4 is 11.6 Å². The van der Waals surface area contributed by atoms with E-state index in [2.05, 4.69) is 25.8 Å². The zero-order valence-corrected chi connectivity index (χ0v) is 13.0. The average Bonchev–Trinajstić information content (AvgIpc) is 3.03. The quantitative estimate of drug-likeness (QED) is 0.824. The number of morpholine rings is 1. The summed E-state index contributed by atoms with van der Waals surface area (Å²) in [7, 11) is 0. The molecular formula is C16H24N4O2. The maximum atomic E-state index is 6.00. The third-order valence-electron chi connectivity index (χ3n) is 4.96. The van der Waals surface area contributed by atoms with Gasteiger partial charge >= 0.3 is 0 Å². The third kappa shape index (κ3) is 2.77. The van der Waals surface area contributed by atoms with Crippen LogP contribution in [0.15, 0.2) is 12.4 Å². The van der Waals surface area contributed by atoms with Gasteiger partial charge in [-0.1, -0.05) is 0 Å². The van der Waals surface area contributed by atoms with E-state index in [1.54, 1.807) is 6.33 Å². The van der Waals surface area contributed by atoms with Crippen molar-refractivity contribution in [3.63, 3.8) is 0 Å². The van der Waals surface area contributed by atoms with Crippen molar-refractivity contribution in [2.75, 3.05) is 55.8 Å². The predicted molar refractivity (Wildman–Crippen MR) is 84.4 cm³/mol. The van der Waals surface area contributed by atoms with E-state index in [-0.39, 0.29) is 5.60 Å². The number of ether oxygens (including phenoxy) is 2. The molecule has 120 valence electrons. The SMILES string of the molecule is c1nc(N2CCCCC2)cc(N2CCOC3(CCOC3)C2)n1. The zero-order valence-electron chi connectivity index (χ0n) is 13.0. The number of anilines is 2. The van der Waals surface area contributed by atoms with Crippen LogP contribution < -0.4 is 9.80 Å². The smallest absolute Gasteiger partial charge is 0.134 e. The minimum absolute atomic E-state index is 0.130. The number of hydrogen-bond acceptors (Lipinski definition) is 6. The van der Waals surface area contributed by atoms with E-state index in [0.717, 1.165) is 57.4 Å². The first-order chi connectivity index (χ1) is 10.8. The minimum Gasteiger partial charge on any atom is -0.378 e. The van der Waals surface area contributed by atoms with Crippen LogP contribution in [0.25, 0.3) is 0 Å². The second kappa shape index (κ2) is 6.01. The maximum absolute atomic E-state index is 6.00. The lowest BCUT2D eigenvalue weighted by Gasteiger charge is -2.40. The van der Waals surface area contributed by atoms with Crippen LogP contribution in [0.4, 0.5) is 11.6 Å². The molecule has 3 saturated heterocycles. The monoisotopic (exact) mass is 304 g/mol. The molecule has 0 aromatic carbocycles. The van der Waals surface area contributed by atoms with E-state index in [1.807, 2.05) is 0 Å². The largest absolute Gasteiger partial charge is 0.378 e. The molecule has 0 N–H and O–H groups in total. The topological polar surface area (TPSA) is 50.7 Å². The molecule has 6 nitrogen and oxygen atoms in total. The molecule has 0 amide bonds. The molecule has 1 spiro atoms. The molecule has 0 saturated carbocycles. The van der Waals surface area contributed by atoms with Gasteiger partial charge in [0.05, 0.1) is 19.8 Å². The van der Waals surface area contributed by atoms with Gasteiger partial charge in [0.1, 0.15) is 23.6 Å². The summed E-state index contributed by atoms with van der Waals surface area (Å²) >= 11 is 0. The van der Waals surface area contributed by atoms with Gasteiger partial charge in [-0.15, -0.1) is 0 Å². The highest BCUT2D eigenvalue weighted by Gasteiger charge is 2.40. The van der Waals surface area contributed by atoms with E-state index < -0.39 is 0 Å². The minimum atomic E-state index is -0.130. The Kier molecular flexibility index (Phi) is 3.88. The van der Waals surface area contributed by atoms with Crippen molar-refractivity contribution < 1.29 is 9.47 Å². The van der Waals surface area contributed by atoms with Crippen molar-refractivity contribution in [2.45, 2.75) is 31.3 Å². The Balaban J connectivity index is 1.51. The lowest BCUT2D eigenvalue weighted by Crippen LogP contribution is -2.52. The number of piperidine rings is 1. The lowest BCUT2D eigenvalue weighted by molar-refractivity contribution is -0.0581. The van der Waals surface area contributed by atoms with Crippen molar-refractivity contribution in [1.29, 1.82) is 0 Å². The number of nitrogens with zero attached hydrogens (tertiary/aromatic N) is 4. The molecule has 0 bridgehead atoms. The van der Waals surface area contributed by atoms with Crippen LogP contribution in [-0.4, -0.2) is 61.6 Å². The van der Waals surface area contributed by atoms with E-state index in [1.165, 1.54) is 19.3 Å². The number of hydrogen-bond donors (Lipinski definition) is 0. The number of aromatic nitrogens is 2. The van der Waals surface area contributed by atoms with Crippen molar-refractivity contribution in [3.05, 3.63) is 12.4 Å². The Bertz CT molecular complexity index is 513. The Morgan fingerprint density at radius 1 is 0.955 bits per heavy atom. The molecule has 4 heterocycles. The van der Waals surface area contributed by atoms with Crippen LogP contribution in [0.5, 0.6) is 0 Å². The lowest BCUT2D eigenvalue weighted by atomic mass is 10.0. The Morgan fingerprint density at radius 3 is 2.55 bits per heavy atom. The predicted octanol–water partition coefficient (Wildman–Crippen LogP) is 1.46. The first-order valence-electron chi connectivity index (χ1n) is 8.38. The van der Waals surface area contributed by atoms with Gasteiger partial charge in [-0.3, -0.25) is 0 Å². The van der Waals surface area contributed by atoms with E-state index in [4.69, 9.17) is 9.47 Å². The summed E-state index contributed by atoms with van der Waals surface area (Å²) in [5, 5.41) is 0. The molecule has 3 aliphatic heterocycles. The normalized spacial score (nSPS) is 29.3. The van der Waals surface area contributed by atoms with Gasteiger partial charge in [0.2, 0.25) is 0 Å². The van der Waals surface area contributed by atoms with E-state index in [0.29, 0.717) is 6.61 Å². The fourth-order valence-electron chi connectivity index (χ4n) is 3.67. The highest BCUT2D eigenvalue weighted by Crippen LogP contribution is 2.30. The fourth-order valence-corrected chi connectivity index (χ4v) is 3.67. The van der Waals surface area contributed by atoms with Crippen LogP contribution in [0.1, 0.15) is 25.7 Å². The Morgan fingerprint density at radius 2 is 1.77 bits per heavy atom. The molecule has 3 aliphatic rings. The summed E-state index contributed by atoms with van der Waals surface area (Å²) in [6.07, 6.45) is 6.54. The molecule has 22 heavy (non-hydrogen) atoms. The molecule has 0 radical (unpaired) electrons. The standard InChI is InChI=1S/C16H24N4O2/c1-2-5-19(6-3-1)14-10-15(18-13-17-14)20-7-9-22-16(11-20)4-8-21-12-16/h10,13H,1-9,11-12H2. The van der Waals surface area contributed by atoms with Crippen molar-refractivity contribution in [3.8, 4) is 0 Å². The first kappa shape index (κ1) is 14.2. The highest BCUT2D eigenvalue weighted by atomic mass is 16.6. The molecule has 1 aromatic rings. The fraction of sp³-hybridized carbons (Fsp3) is 0.750. The average molecular weight is 304 g/mol. The van der Waals surface area contributed by atoms with E-state index >= 15 is 0 Å². The van der Waals surface area contributed by atoms with E-state index in [9.17, 15) is 0 Å². The Labute approximate surface area is 131 Å². The van der Waals surface area contributed by atoms with Gasteiger partial charge < -0.3 is 19.3 Å². The van der Waals surface area contributed by atoms with Crippen LogP contribution in [0.2, 0.25) is 0 Å². The van der Waals surface area contributed by atoms with Gasteiger partial charge in [0.15, 0.2) is 0 Å². The molecule has 1 aromatic heterocycles. The summed E-state index contributed by atoms with van der Waals surface area (Å²) < 4.78 is 11.6. The first-order valence-corrected chi connectivity index (χ1v) is 8.38. The number of rotatable bonds is 2. The Hall–Kier alpha value is -1.40. The van der Waals surface area contributed by atoms with Gasteiger partial charge in [-0.25, -0.2) is 9.97 Å². The molecule has 1 atom stereocenters. The summed E-state index contributed by atoms with van der Waals surface area (Å²) in [6, 6.07) is 2.14. The third-order valence-corrected chi connectivity index (χ3v) is 4.96. The molecule has 1 unspecified atom stereocenters. The maximum Gasteiger partial charge on any atom is 0.134 e. The van der Waals surface area contributed by atoms with Gasteiger partial charge in [-0.2, -0.15) is 0 Å². The highest BCUT2D eigenvalue weighted by molar-refractivity contribution is 5.50. The molecule has 3 fully saturated rings. The van der Waals surface area contributed by atoms with Crippen LogP contribution in [0, 0.1) is 0 Å². The summed E-state index contributed by atoms with van der Waals surface area (Å²) in [4.78, 5) is 13.7. The van der Waals surface area contributed by atoms with Crippen molar-refractivity contribution in [2.24, 2.45) is 0 Å². The molecule has 4 rings (SSSR count). The molecular weight excluding hydrogens is 280 g/mol. The second-order valence-electron chi connectivity index (χ2n) is 6.54. The van der Waals surface area contributed by atoms with Gasteiger partial charge in [0, 0.05) is 38.7 Å². The summed E-state index contributed by atoms with van der Waals surface area (Å²) in [5.74, 6) is 2.08. The second-order valence-corrected chi connectivity index (χ2v) is 6.54. The summed E-state index contributed by atoms with van der Waals surface area (Å²) in [6.45, 7) is 6.22. The van der Waals surface area contributed by atoms with Crippen LogP contribution >= 0.6 is 0 Å². The van der Waals surface area contributed by atoms with Gasteiger partial charge in [0.25, 0.3) is 0 Å². The van der Waals surface area contributed by atoms with Crippen LogP contribution in [-0.2, 0) is 9.47 Å². The zero-order chi connectivity index (χ0) is 14.8.